The lowest BCUT2D eigenvalue weighted by molar-refractivity contribution is -0.719. The summed E-state index contributed by atoms with van der Waals surface area (Å²) >= 11 is 0. The third-order valence-corrected chi connectivity index (χ3v) is 4.49. The molecule has 0 saturated heterocycles. The van der Waals surface area contributed by atoms with Crippen molar-refractivity contribution in [2.24, 2.45) is 0 Å². The number of hydrogen-bond donors (Lipinski definition) is 2. The highest BCUT2D eigenvalue weighted by atomic mass is 19.1. The van der Waals surface area contributed by atoms with Crippen molar-refractivity contribution in [1.29, 1.82) is 0 Å². The molecule has 3 aromatic carbocycles. The van der Waals surface area contributed by atoms with Crippen LogP contribution in [0.5, 0.6) is 0 Å². The van der Waals surface area contributed by atoms with E-state index in [0.29, 0.717) is 11.3 Å². The first-order valence-electron chi connectivity index (χ1n) is 8.85. The maximum Gasteiger partial charge on any atom is 0.287 e. The van der Waals surface area contributed by atoms with Gasteiger partial charge >= 0.3 is 0 Å². The quantitative estimate of drug-likeness (QED) is 0.659. The van der Waals surface area contributed by atoms with Crippen molar-refractivity contribution >= 4 is 11.6 Å². The van der Waals surface area contributed by atoms with Crippen LogP contribution in [0.15, 0.2) is 72.8 Å². The fourth-order valence-corrected chi connectivity index (χ4v) is 3.03. The number of benzene rings is 3. The van der Waals surface area contributed by atoms with Gasteiger partial charge in [0, 0.05) is 22.9 Å². The van der Waals surface area contributed by atoms with Gasteiger partial charge in [-0.2, -0.15) is 0 Å². The summed E-state index contributed by atoms with van der Waals surface area (Å²) in [6.07, 6.45) is 0. The van der Waals surface area contributed by atoms with E-state index in [0.717, 1.165) is 11.6 Å². The highest BCUT2D eigenvalue weighted by molar-refractivity contribution is 5.94. The third kappa shape index (κ3) is 4.78. The molecule has 0 aromatic heterocycles. The van der Waals surface area contributed by atoms with Gasteiger partial charge in [-0.15, -0.1) is 0 Å². The van der Waals surface area contributed by atoms with E-state index in [4.69, 9.17) is 0 Å². The van der Waals surface area contributed by atoms with Gasteiger partial charge in [-0.1, -0.05) is 30.3 Å². The third-order valence-electron chi connectivity index (χ3n) is 4.49. The van der Waals surface area contributed by atoms with Crippen molar-refractivity contribution in [3.8, 4) is 0 Å². The molecule has 0 spiro atoms. The van der Waals surface area contributed by atoms with E-state index in [2.05, 4.69) is 5.32 Å². The number of nitrogens with one attached hydrogen (secondary N) is 1. The smallest absolute Gasteiger partial charge is 0.287 e. The zero-order valence-corrected chi connectivity index (χ0v) is 15.2. The highest BCUT2D eigenvalue weighted by Crippen LogP contribution is 2.18. The summed E-state index contributed by atoms with van der Waals surface area (Å²) in [6, 6.07) is 16.8. The second-order valence-corrected chi connectivity index (χ2v) is 6.53. The van der Waals surface area contributed by atoms with Gasteiger partial charge in [0.1, 0.15) is 23.5 Å². The van der Waals surface area contributed by atoms with E-state index in [1.54, 1.807) is 24.4 Å². The fourth-order valence-electron chi connectivity index (χ4n) is 3.03. The van der Waals surface area contributed by atoms with E-state index in [1.807, 2.05) is 18.2 Å². The van der Waals surface area contributed by atoms with Crippen molar-refractivity contribution in [3.05, 3.63) is 101 Å². The Kier molecular flexibility index (Phi) is 6.11. The fraction of sp³-hybridized carbons (Fsp3) is 0.136. The Balaban J connectivity index is 1.84. The minimum atomic E-state index is -0.675. The van der Waals surface area contributed by atoms with Gasteiger partial charge in [0.2, 0.25) is 0 Å². The largest absolute Gasteiger partial charge is 0.326 e. The molecular formula is C22H20F3N2O+. The van der Waals surface area contributed by atoms with E-state index in [1.165, 1.54) is 36.4 Å². The number of carbonyl (C=O) groups is 1. The molecule has 0 saturated carbocycles. The van der Waals surface area contributed by atoms with Crippen LogP contribution in [0, 0.1) is 17.5 Å². The minimum absolute atomic E-state index is 0.303. The second kappa shape index (κ2) is 8.71. The van der Waals surface area contributed by atoms with Crippen molar-refractivity contribution in [1.82, 2.24) is 0 Å². The summed E-state index contributed by atoms with van der Waals surface area (Å²) in [4.78, 5) is 12.9. The lowest BCUT2D eigenvalue weighted by Crippen LogP contribution is -2.87. The van der Waals surface area contributed by atoms with E-state index >= 15 is 0 Å². The predicted molar refractivity (Wildman–Crippen MR) is 101 cm³/mol. The Morgan fingerprint density at radius 2 is 1.54 bits per heavy atom. The molecule has 2 atom stereocenters. The number of nitrogens with two attached hydrogens (primary N) is 1. The molecule has 6 heteroatoms. The summed E-state index contributed by atoms with van der Waals surface area (Å²) in [5, 5.41) is 4.47. The molecule has 3 rings (SSSR count). The maximum atomic E-state index is 14.1. The molecular weight excluding hydrogens is 365 g/mol. The average molecular weight is 385 g/mol. The van der Waals surface area contributed by atoms with Gasteiger partial charge in [-0.3, -0.25) is 4.79 Å². The molecule has 0 aliphatic heterocycles. The Labute approximate surface area is 161 Å². The van der Waals surface area contributed by atoms with Crippen LogP contribution < -0.4 is 10.6 Å². The monoisotopic (exact) mass is 385 g/mol. The lowest BCUT2D eigenvalue weighted by Gasteiger charge is -2.21. The molecule has 0 aliphatic carbocycles. The predicted octanol–water partition coefficient (Wildman–Crippen LogP) is 4.11. The Hall–Kier alpha value is -3.12. The average Bonchev–Trinajstić information content (AvgIpc) is 2.68. The van der Waals surface area contributed by atoms with Crippen LogP contribution in [0.3, 0.4) is 0 Å². The van der Waals surface area contributed by atoms with Gasteiger partial charge in [0.25, 0.3) is 5.91 Å². The number of hydrogen-bond acceptors (Lipinski definition) is 1. The summed E-state index contributed by atoms with van der Waals surface area (Å²) in [6.45, 7) is 1.75. The molecule has 0 fully saturated rings. The molecule has 3 nitrogen and oxygen atoms in total. The molecule has 0 unspecified atom stereocenters. The Morgan fingerprint density at radius 1 is 0.893 bits per heavy atom. The Morgan fingerprint density at radius 3 is 2.18 bits per heavy atom. The van der Waals surface area contributed by atoms with Gasteiger partial charge in [0.15, 0.2) is 6.04 Å². The first-order valence-corrected chi connectivity index (χ1v) is 8.85. The summed E-state index contributed by atoms with van der Waals surface area (Å²) in [5.74, 6) is -2.03. The SMILES string of the molecule is C[C@H]([NH2+][C@H](C(=O)Nc1ccc(F)cc1)c1ccccc1)c1ccc(F)cc1F. The highest BCUT2D eigenvalue weighted by Gasteiger charge is 2.28. The molecule has 28 heavy (non-hydrogen) atoms. The first-order chi connectivity index (χ1) is 13.4. The standard InChI is InChI=1S/C22H19F3N2O/c1-14(19-12-9-17(24)13-20(19)25)26-21(15-5-3-2-4-6-15)22(28)27-18-10-7-16(23)8-11-18/h2-14,21,26H,1H3,(H,27,28)/p+1/t14-,21-/m0/s1. The molecule has 0 heterocycles. The van der Waals surface area contributed by atoms with Gasteiger partial charge in [-0.25, -0.2) is 13.2 Å². The van der Waals surface area contributed by atoms with Crippen LogP contribution in [0.4, 0.5) is 18.9 Å². The molecule has 144 valence electrons. The topological polar surface area (TPSA) is 45.7 Å². The van der Waals surface area contributed by atoms with Crippen molar-refractivity contribution in [2.45, 2.75) is 19.0 Å². The summed E-state index contributed by atoms with van der Waals surface area (Å²) in [7, 11) is 0. The van der Waals surface area contributed by atoms with Gasteiger partial charge in [-0.05, 0) is 43.3 Å². The molecule has 0 bridgehead atoms. The van der Waals surface area contributed by atoms with Crippen LogP contribution in [0.1, 0.15) is 30.1 Å². The van der Waals surface area contributed by atoms with Crippen LogP contribution in [-0.2, 0) is 4.79 Å². The molecule has 0 radical (unpaired) electrons. The number of quaternary nitrogens is 1. The van der Waals surface area contributed by atoms with E-state index in [9.17, 15) is 18.0 Å². The molecule has 3 aromatic rings. The molecule has 1 amide bonds. The zero-order chi connectivity index (χ0) is 20.1. The second-order valence-electron chi connectivity index (χ2n) is 6.53. The zero-order valence-electron chi connectivity index (χ0n) is 15.2. The van der Waals surface area contributed by atoms with E-state index < -0.39 is 29.5 Å². The lowest BCUT2D eigenvalue weighted by atomic mass is 10.0. The van der Waals surface area contributed by atoms with Crippen LogP contribution in [-0.4, -0.2) is 5.91 Å². The molecule has 3 N–H and O–H groups in total. The van der Waals surface area contributed by atoms with Crippen molar-refractivity contribution in [3.63, 3.8) is 0 Å². The summed E-state index contributed by atoms with van der Waals surface area (Å²) < 4.78 is 40.4. The van der Waals surface area contributed by atoms with Gasteiger partial charge < -0.3 is 10.6 Å². The van der Waals surface area contributed by atoms with Crippen molar-refractivity contribution < 1.29 is 23.3 Å². The number of halogens is 3. The van der Waals surface area contributed by atoms with Crippen LogP contribution >= 0.6 is 0 Å². The minimum Gasteiger partial charge on any atom is -0.326 e. The number of amides is 1. The van der Waals surface area contributed by atoms with Gasteiger partial charge in [0.05, 0.1) is 0 Å². The number of carbonyl (C=O) groups excluding carboxylic acids is 1. The van der Waals surface area contributed by atoms with Crippen LogP contribution in [0.25, 0.3) is 0 Å². The first kappa shape index (κ1) is 19.6. The maximum absolute atomic E-state index is 14.1. The number of anilines is 1. The summed E-state index contributed by atoms with van der Waals surface area (Å²) in [5.41, 5.74) is 1.50. The van der Waals surface area contributed by atoms with Crippen molar-refractivity contribution in [2.75, 3.05) is 5.32 Å². The normalized spacial score (nSPS) is 13.0. The van der Waals surface area contributed by atoms with Crippen LogP contribution in [0.2, 0.25) is 0 Å². The number of rotatable bonds is 6. The Bertz CT molecular complexity index is 946. The molecule has 0 aliphatic rings. The van der Waals surface area contributed by atoms with E-state index in [-0.39, 0.29) is 5.91 Å².